The number of aliphatic hydroxyl groups excluding tert-OH is 5. The Morgan fingerprint density at radius 3 is 2.10 bits per heavy atom. The molecule has 0 aliphatic carbocycles. The molecule has 0 saturated carbocycles. The van der Waals surface area contributed by atoms with Crippen molar-refractivity contribution >= 4 is 21.9 Å². The van der Waals surface area contributed by atoms with Gasteiger partial charge in [0.25, 0.3) is 0 Å². The second-order valence-corrected chi connectivity index (χ2v) is 13.8. The SMILES string of the molecule is COc1cc(-c2oc3cc(=[OH+])cc4oc(-c5c(O)cc(O)c6c5OC(c5ccc(O)c(O)c5)C(O)C6)cc(c2OC2OC(CO)C(O)C(O)C2O)c43)cc(OC)c1O. The average molecular weight is 806 g/mol. The molecule has 1 saturated heterocycles. The minimum atomic E-state index is -1.90. The highest BCUT2D eigenvalue weighted by Crippen LogP contribution is 2.53. The van der Waals surface area contributed by atoms with E-state index in [1.54, 1.807) is 0 Å². The lowest BCUT2D eigenvalue weighted by Crippen LogP contribution is -2.60. The molecule has 18 nitrogen and oxygen atoms in total. The fourth-order valence-electron chi connectivity index (χ4n) is 7.31. The fourth-order valence-corrected chi connectivity index (χ4v) is 7.31. The Morgan fingerprint density at radius 2 is 1.45 bits per heavy atom. The first-order valence-corrected chi connectivity index (χ1v) is 17.7. The standard InChI is InChI=1S/C40H36O18/c1-52-27-6-15(7-28(53-2)32(27)48)37-39(58-40-35(51)34(50)33(49)29(13-41)56-40)18-11-26(54-24-8-16(42)9-25(55-37)30(18)24)31-22(46)12-20(44)17-10-23(47)36(57-38(17)31)14-3-4-19(43)21(45)5-14/h3-9,11-12,23,29,33-36,40-41,43-51H,10,13H2,1-2H3/p+1. The summed E-state index contributed by atoms with van der Waals surface area (Å²) in [7, 11) is 2.59. The van der Waals surface area contributed by atoms with Crippen molar-refractivity contribution in [2.24, 2.45) is 0 Å². The smallest absolute Gasteiger partial charge is 0.347 e. The van der Waals surface area contributed by atoms with Crippen LogP contribution in [0.4, 0.5) is 0 Å². The highest BCUT2D eigenvalue weighted by atomic mass is 16.7. The Bertz CT molecular complexity index is 2600. The highest BCUT2D eigenvalue weighted by Gasteiger charge is 2.45. The molecule has 58 heavy (non-hydrogen) atoms. The molecule has 7 atom stereocenters. The van der Waals surface area contributed by atoms with Gasteiger partial charge in [-0.15, -0.1) is 0 Å². The van der Waals surface area contributed by atoms with Crippen molar-refractivity contribution in [3.63, 3.8) is 0 Å². The number of benzene rings is 4. The zero-order valence-corrected chi connectivity index (χ0v) is 30.4. The van der Waals surface area contributed by atoms with Gasteiger partial charge in [0.1, 0.15) is 70.3 Å². The summed E-state index contributed by atoms with van der Waals surface area (Å²) in [6.45, 7) is -0.773. The molecule has 6 aromatic rings. The number of methoxy groups -OCH3 is 2. The number of hydrogen-bond acceptors (Lipinski definition) is 17. The third-order valence-electron chi connectivity index (χ3n) is 10.2. The van der Waals surface area contributed by atoms with E-state index in [0.29, 0.717) is 0 Å². The molecule has 2 aromatic heterocycles. The van der Waals surface area contributed by atoms with Gasteiger partial charge in [-0.25, -0.2) is 0 Å². The number of hydrogen-bond donors (Lipinski definition) is 10. The Kier molecular flexibility index (Phi) is 9.62. The van der Waals surface area contributed by atoms with Gasteiger partial charge < -0.3 is 83.6 Å². The third kappa shape index (κ3) is 6.28. The first-order chi connectivity index (χ1) is 27.7. The predicted octanol–water partition coefficient (Wildman–Crippen LogP) is 2.28. The van der Waals surface area contributed by atoms with Gasteiger partial charge in [0.15, 0.2) is 34.5 Å². The highest BCUT2D eigenvalue weighted by molar-refractivity contribution is 6.10. The fraction of sp³-hybridized carbons (Fsp3) is 0.275. The normalized spacial score (nSPS) is 23.1. The van der Waals surface area contributed by atoms with Gasteiger partial charge in [-0.2, -0.15) is 0 Å². The number of phenolic OH excluding ortho intramolecular Hbond substituents is 5. The first-order valence-electron chi connectivity index (χ1n) is 17.7. The number of aliphatic hydroxyl groups is 5. The summed E-state index contributed by atoms with van der Waals surface area (Å²) < 4.78 is 41.7. The summed E-state index contributed by atoms with van der Waals surface area (Å²) in [5.74, 6) is -3.09. The van der Waals surface area contributed by atoms with Gasteiger partial charge in [-0.3, -0.25) is 4.79 Å². The molecule has 11 N–H and O–H groups in total. The maximum Gasteiger partial charge on any atom is 0.347 e. The lowest BCUT2D eigenvalue weighted by atomic mass is 9.91. The summed E-state index contributed by atoms with van der Waals surface area (Å²) in [5, 5.41) is 107. The van der Waals surface area contributed by atoms with Crippen LogP contribution in [0.2, 0.25) is 0 Å². The van der Waals surface area contributed by atoms with Crippen LogP contribution in [0.3, 0.4) is 0 Å². The molecular formula is C40H37O18+. The lowest BCUT2D eigenvalue weighted by Gasteiger charge is -2.39. The Hall–Kier alpha value is -6.41. The summed E-state index contributed by atoms with van der Waals surface area (Å²) in [6.07, 6.45) is -11.3. The van der Waals surface area contributed by atoms with Crippen molar-refractivity contribution in [2.45, 2.75) is 49.3 Å². The molecule has 0 bridgehead atoms. The van der Waals surface area contributed by atoms with E-state index in [1.807, 2.05) is 0 Å². The van der Waals surface area contributed by atoms with Crippen molar-refractivity contribution in [1.29, 1.82) is 0 Å². The van der Waals surface area contributed by atoms with Gasteiger partial charge in [-0.05, 0) is 35.9 Å². The number of rotatable bonds is 8. The Labute approximate surface area is 325 Å². The number of phenols is 5. The molecule has 4 aromatic carbocycles. The molecule has 304 valence electrons. The Morgan fingerprint density at radius 1 is 0.759 bits per heavy atom. The van der Waals surface area contributed by atoms with E-state index in [4.69, 9.17) is 32.5 Å². The minimum Gasteiger partial charge on any atom is -0.507 e. The summed E-state index contributed by atoms with van der Waals surface area (Å²) in [4.78, 5) is 10.9. The van der Waals surface area contributed by atoms with Crippen LogP contribution in [0, 0.1) is 0 Å². The van der Waals surface area contributed by atoms with Crippen LogP contribution in [0.15, 0.2) is 63.4 Å². The van der Waals surface area contributed by atoms with Crippen molar-refractivity contribution in [3.8, 4) is 74.4 Å². The van der Waals surface area contributed by atoms with Crippen LogP contribution < -0.4 is 24.4 Å². The molecule has 4 heterocycles. The van der Waals surface area contributed by atoms with E-state index < -0.39 is 72.5 Å². The summed E-state index contributed by atoms with van der Waals surface area (Å²) >= 11 is 0. The van der Waals surface area contributed by atoms with E-state index >= 15 is 0 Å². The largest absolute Gasteiger partial charge is 0.507 e. The molecule has 8 rings (SSSR count). The average Bonchev–Trinajstić information content (AvgIpc) is 3.19. The van der Waals surface area contributed by atoms with Crippen molar-refractivity contribution < 1.29 is 88.4 Å². The van der Waals surface area contributed by atoms with Gasteiger partial charge >= 0.3 is 5.43 Å². The van der Waals surface area contributed by atoms with E-state index in [0.717, 1.165) is 6.07 Å². The molecule has 7 unspecified atom stereocenters. The van der Waals surface area contributed by atoms with Crippen LogP contribution >= 0.6 is 0 Å². The van der Waals surface area contributed by atoms with Gasteiger partial charge in [-0.1, -0.05) is 6.07 Å². The topological polar surface area (TPSA) is 296 Å². The molecular weight excluding hydrogens is 768 g/mol. The number of fused-ring (bicyclic) bond motifs is 1. The molecule has 0 spiro atoms. The van der Waals surface area contributed by atoms with E-state index in [1.165, 1.54) is 62.8 Å². The summed E-state index contributed by atoms with van der Waals surface area (Å²) in [6, 6.07) is 11.4. The van der Waals surface area contributed by atoms with Crippen molar-refractivity contribution in [3.05, 3.63) is 71.2 Å². The number of aromatic hydroxyl groups is 5. The van der Waals surface area contributed by atoms with E-state index in [-0.39, 0.29) is 96.3 Å². The van der Waals surface area contributed by atoms with Crippen LogP contribution in [-0.2, 0) is 11.2 Å². The molecule has 1 fully saturated rings. The maximum atomic E-state index is 11.5. The molecule has 0 radical (unpaired) electrons. The zero-order valence-electron chi connectivity index (χ0n) is 30.4. The van der Waals surface area contributed by atoms with Crippen LogP contribution in [0.25, 0.3) is 44.6 Å². The zero-order chi connectivity index (χ0) is 41.3. The van der Waals surface area contributed by atoms with Crippen LogP contribution in [0.5, 0.6) is 51.7 Å². The number of ether oxygens (including phenoxy) is 5. The first kappa shape index (κ1) is 38.5. The van der Waals surface area contributed by atoms with Crippen molar-refractivity contribution in [1.82, 2.24) is 0 Å². The van der Waals surface area contributed by atoms with Gasteiger partial charge in [0.2, 0.25) is 12.0 Å². The lowest BCUT2D eigenvalue weighted by molar-refractivity contribution is -0.277. The monoisotopic (exact) mass is 805 g/mol. The summed E-state index contributed by atoms with van der Waals surface area (Å²) in [5.41, 5.74) is -0.0961. The van der Waals surface area contributed by atoms with Crippen molar-refractivity contribution in [2.75, 3.05) is 20.8 Å². The molecule has 2 aliphatic heterocycles. The van der Waals surface area contributed by atoms with E-state index in [2.05, 4.69) is 0 Å². The van der Waals surface area contributed by atoms with Gasteiger partial charge in [0.05, 0.1) is 44.4 Å². The molecule has 2 aliphatic rings. The third-order valence-corrected chi connectivity index (χ3v) is 10.2. The Balaban J connectivity index is 1.41. The second kappa shape index (κ2) is 14.5. The molecule has 0 amide bonds. The van der Waals surface area contributed by atoms with E-state index in [9.17, 15) is 55.9 Å². The molecule has 18 heteroatoms. The second-order valence-electron chi connectivity index (χ2n) is 13.8. The van der Waals surface area contributed by atoms with Gasteiger partial charge in [0, 0.05) is 29.0 Å². The minimum absolute atomic E-state index is 0.00555. The van der Waals surface area contributed by atoms with Crippen LogP contribution in [0.1, 0.15) is 17.2 Å². The quantitative estimate of drug-likeness (QED) is 0.0779. The van der Waals surface area contributed by atoms with Crippen LogP contribution in [-0.4, -0.2) is 113 Å². The maximum absolute atomic E-state index is 11.5. The predicted molar refractivity (Wildman–Crippen MR) is 197 cm³/mol.